The van der Waals surface area contributed by atoms with Crippen LogP contribution in [0.25, 0.3) is 5.57 Å². The molecule has 0 amide bonds. The van der Waals surface area contributed by atoms with E-state index in [2.05, 4.69) is 70.9 Å². The van der Waals surface area contributed by atoms with Crippen LogP contribution in [0.1, 0.15) is 49.4 Å². The van der Waals surface area contributed by atoms with Crippen molar-refractivity contribution in [1.82, 2.24) is 10.2 Å². The zero-order valence-electron chi connectivity index (χ0n) is 25.2. The lowest BCUT2D eigenvalue weighted by Gasteiger charge is -2.54. The number of aliphatic hydroxyl groups is 2. The molecule has 6 nitrogen and oxygen atoms in total. The topological polar surface area (TPSA) is 85.0 Å². The van der Waals surface area contributed by atoms with Crippen molar-refractivity contribution in [2.75, 3.05) is 39.6 Å². The third-order valence-corrected chi connectivity index (χ3v) is 9.22. The van der Waals surface area contributed by atoms with Gasteiger partial charge in [0.15, 0.2) is 0 Å². The van der Waals surface area contributed by atoms with Gasteiger partial charge in [-0.25, -0.2) is 0 Å². The molecule has 39 heavy (non-hydrogen) atoms. The number of anilines is 1. The number of likely N-dealkylation sites (N-methyl/N-ethyl adjacent to an activating group) is 1. The SMILES string of the molecule is C=C(N)C1=C(O)[C@H](N(C)C)[C@@H]2C[C@@H]3Cc4c(N(C)C)cc(CNCC(C)C)c(C)c4C(=C)C3=C(C)[C@]2(O)C1=C. The molecule has 0 saturated heterocycles. The van der Waals surface area contributed by atoms with Gasteiger partial charge in [0.25, 0.3) is 0 Å². The van der Waals surface area contributed by atoms with Crippen molar-refractivity contribution in [1.29, 1.82) is 0 Å². The van der Waals surface area contributed by atoms with Gasteiger partial charge in [-0.3, -0.25) is 4.90 Å². The second kappa shape index (κ2) is 10.3. The number of nitrogens with zero attached hydrogens (tertiary/aromatic N) is 2. The molecule has 0 aliphatic heterocycles. The van der Waals surface area contributed by atoms with Crippen LogP contribution in [-0.4, -0.2) is 61.5 Å². The van der Waals surface area contributed by atoms with Gasteiger partial charge in [-0.1, -0.05) is 33.6 Å². The summed E-state index contributed by atoms with van der Waals surface area (Å²) >= 11 is 0. The lowest BCUT2D eigenvalue weighted by molar-refractivity contribution is -0.0178. The summed E-state index contributed by atoms with van der Waals surface area (Å²) in [5, 5.41) is 27.5. The second-order valence-corrected chi connectivity index (χ2v) is 12.7. The third-order valence-electron chi connectivity index (χ3n) is 9.22. The minimum atomic E-state index is -1.36. The Hall–Kier alpha value is -2.80. The van der Waals surface area contributed by atoms with Crippen molar-refractivity contribution < 1.29 is 10.2 Å². The average Bonchev–Trinajstić information content (AvgIpc) is 2.81. The molecule has 5 N–H and O–H groups in total. The van der Waals surface area contributed by atoms with Crippen molar-refractivity contribution in [2.45, 2.75) is 58.7 Å². The van der Waals surface area contributed by atoms with E-state index in [-0.39, 0.29) is 23.3 Å². The van der Waals surface area contributed by atoms with E-state index in [0.29, 0.717) is 23.5 Å². The molecule has 3 aliphatic carbocycles. The molecule has 3 aliphatic rings. The summed E-state index contributed by atoms with van der Waals surface area (Å²) in [6.45, 7) is 23.3. The largest absolute Gasteiger partial charge is 0.510 e. The van der Waals surface area contributed by atoms with E-state index in [9.17, 15) is 10.2 Å². The van der Waals surface area contributed by atoms with Gasteiger partial charge >= 0.3 is 0 Å². The Balaban J connectivity index is 1.91. The van der Waals surface area contributed by atoms with Gasteiger partial charge in [0.1, 0.15) is 11.4 Å². The fourth-order valence-electron chi connectivity index (χ4n) is 7.45. The molecule has 0 fully saturated rings. The van der Waals surface area contributed by atoms with E-state index >= 15 is 0 Å². The molecule has 212 valence electrons. The van der Waals surface area contributed by atoms with Gasteiger partial charge in [-0.15, -0.1) is 0 Å². The van der Waals surface area contributed by atoms with E-state index in [1.54, 1.807) is 0 Å². The number of hydrogen-bond acceptors (Lipinski definition) is 6. The van der Waals surface area contributed by atoms with Crippen LogP contribution in [0.4, 0.5) is 5.69 Å². The van der Waals surface area contributed by atoms with Gasteiger partial charge in [0.05, 0.1) is 6.04 Å². The summed E-state index contributed by atoms with van der Waals surface area (Å²) in [7, 11) is 8.07. The molecular formula is C33H48N4O2. The Morgan fingerprint density at radius 3 is 2.38 bits per heavy atom. The Labute approximate surface area is 235 Å². The first-order valence-corrected chi connectivity index (χ1v) is 14.0. The first-order valence-electron chi connectivity index (χ1n) is 14.0. The minimum Gasteiger partial charge on any atom is -0.510 e. The molecule has 4 rings (SSSR count). The van der Waals surface area contributed by atoms with Crippen LogP contribution in [0.5, 0.6) is 0 Å². The van der Waals surface area contributed by atoms with Crippen molar-refractivity contribution >= 4 is 11.3 Å². The first kappa shape index (κ1) is 29.2. The van der Waals surface area contributed by atoms with Crippen LogP contribution < -0.4 is 16.0 Å². The maximum Gasteiger partial charge on any atom is 0.119 e. The minimum absolute atomic E-state index is 0.141. The van der Waals surface area contributed by atoms with Crippen LogP contribution in [0.15, 0.2) is 59.6 Å². The van der Waals surface area contributed by atoms with Gasteiger partial charge in [0.2, 0.25) is 0 Å². The molecule has 1 aromatic carbocycles. The van der Waals surface area contributed by atoms with E-state index < -0.39 is 11.6 Å². The zero-order valence-corrected chi connectivity index (χ0v) is 25.2. The Bertz CT molecular complexity index is 1300. The Morgan fingerprint density at radius 1 is 1.21 bits per heavy atom. The van der Waals surface area contributed by atoms with E-state index in [4.69, 9.17) is 5.73 Å². The van der Waals surface area contributed by atoms with Crippen LogP contribution >= 0.6 is 0 Å². The van der Waals surface area contributed by atoms with Crippen LogP contribution in [-0.2, 0) is 13.0 Å². The van der Waals surface area contributed by atoms with Gasteiger partial charge in [0, 0.05) is 43.5 Å². The number of rotatable bonds is 7. The summed E-state index contributed by atoms with van der Waals surface area (Å²) in [5.41, 5.74) is 15.0. The standard InChI is InChI=1S/C33H48N4O2/c1-17(2)15-35-16-24-14-27(36(8)9)25-12-23-13-26-31(37(10)11)32(38)30(22(7)34)21(6)33(26,39)20(5)29(23)19(4)28(25)18(24)3/h14,17,23,26,31,35,38-39H,4,6-7,12-13,15-16,34H2,1-3,5,8-11H3/t23-,26-,31+,33-/m0/s1. The number of nitrogens with one attached hydrogen (secondary N) is 1. The molecule has 0 bridgehead atoms. The molecule has 0 saturated carbocycles. The van der Waals surface area contributed by atoms with Gasteiger partial charge in [-0.2, -0.15) is 0 Å². The molecule has 0 spiro atoms. The van der Waals surface area contributed by atoms with Crippen molar-refractivity contribution in [2.24, 2.45) is 23.5 Å². The highest BCUT2D eigenvalue weighted by atomic mass is 16.3. The summed E-state index contributed by atoms with van der Waals surface area (Å²) in [6, 6.07) is 1.92. The van der Waals surface area contributed by atoms with E-state index in [1.165, 1.54) is 27.9 Å². The lowest BCUT2D eigenvalue weighted by Crippen LogP contribution is -2.58. The van der Waals surface area contributed by atoms with E-state index in [1.807, 2.05) is 25.9 Å². The average molecular weight is 533 g/mol. The fraction of sp³-hybridized carbons (Fsp3) is 0.515. The molecule has 0 radical (unpaired) electrons. The van der Waals surface area contributed by atoms with E-state index in [0.717, 1.165) is 36.2 Å². The lowest BCUT2D eigenvalue weighted by atomic mass is 9.55. The molecular weight excluding hydrogens is 484 g/mol. The first-order chi connectivity index (χ1) is 18.1. The number of allylic oxidation sites excluding steroid dienone is 3. The van der Waals surface area contributed by atoms with Crippen LogP contribution in [0.2, 0.25) is 0 Å². The number of aliphatic hydroxyl groups excluding tert-OH is 1. The molecule has 0 aromatic heterocycles. The number of benzene rings is 1. The van der Waals surface area contributed by atoms with Gasteiger partial charge < -0.3 is 26.2 Å². The second-order valence-electron chi connectivity index (χ2n) is 12.7. The number of nitrogens with two attached hydrogens (primary N) is 1. The molecule has 6 heteroatoms. The fourth-order valence-corrected chi connectivity index (χ4v) is 7.45. The van der Waals surface area contributed by atoms with Crippen LogP contribution in [0, 0.1) is 24.7 Å². The number of hydrogen-bond donors (Lipinski definition) is 4. The van der Waals surface area contributed by atoms with Gasteiger partial charge in [-0.05, 0) is 110 Å². The summed E-state index contributed by atoms with van der Waals surface area (Å²) in [5.74, 6) is 0.605. The summed E-state index contributed by atoms with van der Waals surface area (Å²) in [4.78, 5) is 4.17. The summed E-state index contributed by atoms with van der Waals surface area (Å²) in [6.07, 6.45) is 1.55. The predicted molar refractivity (Wildman–Crippen MR) is 164 cm³/mol. The highest BCUT2D eigenvalue weighted by Crippen LogP contribution is 2.58. The third kappa shape index (κ3) is 4.47. The Morgan fingerprint density at radius 2 is 1.85 bits per heavy atom. The normalized spacial score (nSPS) is 26.7. The zero-order chi connectivity index (χ0) is 29.1. The highest BCUT2D eigenvalue weighted by Gasteiger charge is 2.57. The van der Waals surface area contributed by atoms with Crippen LogP contribution in [0.3, 0.4) is 0 Å². The molecule has 4 atom stereocenters. The summed E-state index contributed by atoms with van der Waals surface area (Å²) < 4.78 is 0. The number of fused-ring (bicyclic) bond motifs is 3. The molecule has 0 heterocycles. The van der Waals surface area contributed by atoms with Crippen molar-refractivity contribution in [3.8, 4) is 0 Å². The Kier molecular flexibility index (Phi) is 7.71. The van der Waals surface area contributed by atoms with Crippen molar-refractivity contribution in [3.63, 3.8) is 0 Å². The quantitative estimate of drug-likeness (QED) is 0.402. The highest BCUT2D eigenvalue weighted by molar-refractivity contribution is 5.88. The maximum absolute atomic E-state index is 12.5. The maximum atomic E-state index is 12.5. The molecule has 1 aromatic rings. The predicted octanol–water partition coefficient (Wildman–Crippen LogP) is 4.84. The molecule has 0 unspecified atom stereocenters. The smallest absolute Gasteiger partial charge is 0.119 e. The monoisotopic (exact) mass is 532 g/mol. The van der Waals surface area contributed by atoms with Crippen molar-refractivity contribution in [3.05, 3.63) is 81.8 Å².